The molecule has 0 heterocycles. The number of hydrogen-bond donors (Lipinski definition) is 0. The van der Waals surface area contributed by atoms with Crippen LogP contribution < -0.4 is 4.90 Å². The number of unbranched alkanes of at least 4 members (excludes halogenated alkanes) is 2. The van der Waals surface area contributed by atoms with Crippen LogP contribution in [0.1, 0.15) is 26.2 Å². The summed E-state index contributed by atoms with van der Waals surface area (Å²) in [5.41, 5.74) is 0.987. The minimum Gasteiger partial charge on any atom is -0.372 e. The van der Waals surface area contributed by atoms with E-state index in [2.05, 4.69) is 27.8 Å². The molecule has 1 aromatic rings. The van der Waals surface area contributed by atoms with Gasteiger partial charge in [-0.15, -0.1) is 0 Å². The average Bonchev–Trinajstić information content (AvgIpc) is 2.29. The van der Waals surface area contributed by atoms with Crippen LogP contribution in [0.3, 0.4) is 0 Å². The molecule has 1 rings (SSSR count). The molecule has 0 aliphatic carbocycles. The molecule has 0 fully saturated rings. The van der Waals surface area contributed by atoms with Gasteiger partial charge in [0, 0.05) is 24.1 Å². The van der Waals surface area contributed by atoms with E-state index in [-0.39, 0.29) is 5.82 Å². The van der Waals surface area contributed by atoms with Gasteiger partial charge in [-0.25, -0.2) is 4.39 Å². The second-order valence-electron chi connectivity index (χ2n) is 3.81. The molecule has 0 saturated heterocycles. The van der Waals surface area contributed by atoms with Gasteiger partial charge in [-0.3, -0.25) is 0 Å². The second-order valence-corrected chi connectivity index (χ2v) is 4.60. The quantitative estimate of drug-likeness (QED) is 0.536. The standard InChI is InChI=1S/C13H19BrFN/c1-2-16(10-5-3-4-9-14)13-8-6-7-12(15)11-13/h6-8,11H,2-5,9-10H2,1H3. The monoisotopic (exact) mass is 287 g/mol. The summed E-state index contributed by atoms with van der Waals surface area (Å²) in [6, 6.07) is 6.83. The Kier molecular flexibility index (Phi) is 6.46. The predicted molar refractivity (Wildman–Crippen MR) is 71.9 cm³/mol. The smallest absolute Gasteiger partial charge is 0.125 e. The first-order valence-electron chi connectivity index (χ1n) is 5.84. The van der Waals surface area contributed by atoms with E-state index in [1.807, 2.05) is 6.07 Å². The van der Waals surface area contributed by atoms with Gasteiger partial charge >= 0.3 is 0 Å². The highest BCUT2D eigenvalue weighted by Gasteiger charge is 2.04. The topological polar surface area (TPSA) is 3.24 Å². The summed E-state index contributed by atoms with van der Waals surface area (Å²) in [4.78, 5) is 2.22. The molecule has 0 aliphatic heterocycles. The van der Waals surface area contributed by atoms with Gasteiger partial charge in [0.25, 0.3) is 0 Å². The predicted octanol–water partition coefficient (Wildman–Crippen LogP) is 4.22. The summed E-state index contributed by atoms with van der Waals surface area (Å²) in [7, 11) is 0. The van der Waals surface area contributed by atoms with Crippen LogP contribution in [0, 0.1) is 5.82 Å². The van der Waals surface area contributed by atoms with Crippen LogP contribution >= 0.6 is 15.9 Å². The highest BCUT2D eigenvalue weighted by molar-refractivity contribution is 9.09. The van der Waals surface area contributed by atoms with Gasteiger partial charge in [-0.2, -0.15) is 0 Å². The van der Waals surface area contributed by atoms with Crippen molar-refractivity contribution in [1.29, 1.82) is 0 Å². The van der Waals surface area contributed by atoms with Crippen molar-refractivity contribution in [2.24, 2.45) is 0 Å². The molecule has 3 heteroatoms. The zero-order valence-corrected chi connectivity index (χ0v) is 11.3. The Bertz CT molecular complexity index is 304. The molecule has 0 amide bonds. The third kappa shape index (κ3) is 4.52. The van der Waals surface area contributed by atoms with Gasteiger partial charge in [-0.1, -0.05) is 28.4 Å². The highest BCUT2D eigenvalue weighted by Crippen LogP contribution is 2.16. The van der Waals surface area contributed by atoms with Crippen LogP contribution in [0.15, 0.2) is 24.3 Å². The normalized spacial score (nSPS) is 10.4. The Labute approximate surface area is 106 Å². The van der Waals surface area contributed by atoms with Crippen molar-refractivity contribution in [3.05, 3.63) is 30.1 Å². The first-order chi connectivity index (χ1) is 7.77. The van der Waals surface area contributed by atoms with E-state index in [9.17, 15) is 4.39 Å². The van der Waals surface area contributed by atoms with Gasteiger partial charge < -0.3 is 4.90 Å². The largest absolute Gasteiger partial charge is 0.372 e. The number of alkyl halides is 1. The summed E-state index contributed by atoms with van der Waals surface area (Å²) in [5, 5.41) is 1.07. The van der Waals surface area contributed by atoms with E-state index in [4.69, 9.17) is 0 Å². The lowest BCUT2D eigenvalue weighted by Gasteiger charge is -2.23. The molecule has 0 aliphatic rings. The lowest BCUT2D eigenvalue weighted by molar-refractivity contribution is 0.625. The van der Waals surface area contributed by atoms with E-state index in [0.717, 1.165) is 30.5 Å². The fourth-order valence-electron chi connectivity index (χ4n) is 1.72. The zero-order valence-electron chi connectivity index (χ0n) is 9.76. The molecule has 1 nitrogen and oxygen atoms in total. The molecule has 0 atom stereocenters. The maximum atomic E-state index is 13.1. The third-order valence-corrected chi connectivity index (χ3v) is 3.18. The number of rotatable bonds is 7. The van der Waals surface area contributed by atoms with Crippen LogP contribution in [0.2, 0.25) is 0 Å². The van der Waals surface area contributed by atoms with Crippen LogP contribution in [-0.4, -0.2) is 18.4 Å². The van der Waals surface area contributed by atoms with Crippen LogP contribution in [0.5, 0.6) is 0 Å². The van der Waals surface area contributed by atoms with Gasteiger partial charge in [0.05, 0.1) is 0 Å². The fourth-order valence-corrected chi connectivity index (χ4v) is 2.11. The van der Waals surface area contributed by atoms with Gasteiger partial charge in [-0.05, 0) is 38.0 Å². The maximum absolute atomic E-state index is 13.1. The van der Waals surface area contributed by atoms with Crippen molar-refractivity contribution >= 4 is 21.6 Å². The molecule has 0 radical (unpaired) electrons. The molecule has 0 N–H and O–H groups in total. The third-order valence-electron chi connectivity index (χ3n) is 2.62. The van der Waals surface area contributed by atoms with E-state index in [1.54, 1.807) is 12.1 Å². The Morgan fingerprint density at radius 2 is 2.06 bits per heavy atom. The van der Waals surface area contributed by atoms with Gasteiger partial charge in [0.2, 0.25) is 0 Å². The van der Waals surface area contributed by atoms with E-state index < -0.39 is 0 Å². The lowest BCUT2D eigenvalue weighted by Crippen LogP contribution is -2.23. The van der Waals surface area contributed by atoms with Gasteiger partial charge in [0.1, 0.15) is 5.82 Å². The van der Waals surface area contributed by atoms with E-state index in [1.165, 1.54) is 18.9 Å². The maximum Gasteiger partial charge on any atom is 0.125 e. The molecule has 0 unspecified atom stereocenters. The molecule has 90 valence electrons. The first kappa shape index (κ1) is 13.5. The average molecular weight is 288 g/mol. The molecule has 0 aromatic heterocycles. The Morgan fingerprint density at radius 3 is 2.69 bits per heavy atom. The molecular weight excluding hydrogens is 269 g/mol. The summed E-state index contributed by atoms with van der Waals surface area (Å²) >= 11 is 3.42. The van der Waals surface area contributed by atoms with Crippen molar-refractivity contribution in [3.63, 3.8) is 0 Å². The molecule has 1 aromatic carbocycles. The SMILES string of the molecule is CCN(CCCCCBr)c1cccc(F)c1. The van der Waals surface area contributed by atoms with Crippen molar-refractivity contribution in [2.75, 3.05) is 23.3 Å². The van der Waals surface area contributed by atoms with Crippen molar-refractivity contribution < 1.29 is 4.39 Å². The minimum atomic E-state index is -0.156. The van der Waals surface area contributed by atoms with E-state index >= 15 is 0 Å². The summed E-state index contributed by atoms with van der Waals surface area (Å²) in [6.45, 7) is 4.04. The van der Waals surface area contributed by atoms with Crippen molar-refractivity contribution in [1.82, 2.24) is 0 Å². The Hall–Kier alpha value is -0.570. The van der Waals surface area contributed by atoms with Crippen LogP contribution in [-0.2, 0) is 0 Å². The zero-order chi connectivity index (χ0) is 11.8. The van der Waals surface area contributed by atoms with Crippen LogP contribution in [0.4, 0.5) is 10.1 Å². The summed E-state index contributed by atoms with van der Waals surface area (Å²) < 4.78 is 13.1. The molecule has 0 spiro atoms. The first-order valence-corrected chi connectivity index (χ1v) is 6.96. The molecule has 0 saturated carbocycles. The number of nitrogens with zero attached hydrogens (tertiary/aromatic N) is 1. The second kappa shape index (κ2) is 7.66. The highest BCUT2D eigenvalue weighted by atomic mass is 79.9. The number of benzene rings is 1. The van der Waals surface area contributed by atoms with Gasteiger partial charge in [0.15, 0.2) is 0 Å². The summed E-state index contributed by atoms with van der Waals surface area (Å²) in [6.07, 6.45) is 3.59. The Balaban J connectivity index is 2.47. The van der Waals surface area contributed by atoms with Crippen LogP contribution in [0.25, 0.3) is 0 Å². The van der Waals surface area contributed by atoms with Crippen molar-refractivity contribution in [3.8, 4) is 0 Å². The molecular formula is C13H19BrFN. The number of hydrogen-bond acceptors (Lipinski definition) is 1. The molecule has 0 bridgehead atoms. The summed E-state index contributed by atoms with van der Waals surface area (Å²) in [5.74, 6) is -0.156. The van der Waals surface area contributed by atoms with E-state index in [0.29, 0.717) is 0 Å². The number of halogens is 2. The fraction of sp³-hybridized carbons (Fsp3) is 0.538. The lowest BCUT2D eigenvalue weighted by atomic mass is 10.2. The minimum absolute atomic E-state index is 0.156. The Morgan fingerprint density at radius 1 is 1.25 bits per heavy atom. The number of anilines is 1. The van der Waals surface area contributed by atoms with Crippen molar-refractivity contribution in [2.45, 2.75) is 26.2 Å². The molecule has 16 heavy (non-hydrogen) atoms.